The van der Waals surface area contributed by atoms with Crippen LogP contribution >= 0.6 is 0 Å². The molecule has 0 atom stereocenters. The summed E-state index contributed by atoms with van der Waals surface area (Å²) >= 11 is 0. The molecule has 0 unspecified atom stereocenters. The molecule has 1 aliphatic carbocycles. The molecular weight excluding hydrogens is 212 g/mol. The van der Waals surface area contributed by atoms with Crippen molar-refractivity contribution in [3.05, 3.63) is 23.8 Å². The quantitative estimate of drug-likeness (QED) is 0.619. The van der Waals surface area contributed by atoms with Crippen molar-refractivity contribution in [2.24, 2.45) is 5.92 Å². The van der Waals surface area contributed by atoms with E-state index in [4.69, 9.17) is 5.73 Å². The number of Topliss-reactive ketones (excluding diaryl/α,β-unsaturated/α-hetero) is 1. The second-order valence-electron chi connectivity index (χ2n) is 5.48. The van der Waals surface area contributed by atoms with Gasteiger partial charge in [0.05, 0.1) is 0 Å². The van der Waals surface area contributed by atoms with Crippen molar-refractivity contribution in [3.8, 4) is 0 Å². The van der Waals surface area contributed by atoms with E-state index in [1.165, 1.54) is 12.8 Å². The molecule has 1 aliphatic rings. The predicted octanol–water partition coefficient (Wildman–Crippen LogP) is 3.07. The highest BCUT2D eigenvalue weighted by Gasteiger charge is 2.37. The van der Waals surface area contributed by atoms with E-state index >= 15 is 0 Å². The molecule has 3 N–H and O–H groups in total. The smallest absolute Gasteiger partial charge is 0.161 e. The lowest BCUT2D eigenvalue weighted by Gasteiger charge is -2.28. The zero-order valence-electron chi connectivity index (χ0n) is 10.7. The standard InChI is InChI=1S/C14H20N2O/c1-9(17)12-8-11(6-7-13(12)15)16-14(2,3)10-4-5-10/h6-8,10,16H,4-5,15H2,1-3H3. The minimum absolute atomic E-state index is 0.00961. The maximum Gasteiger partial charge on any atom is 0.161 e. The van der Waals surface area contributed by atoms with E-state index in [-0.39, 0.29) is 11.3 Å². The van der Waals surface area contributed by atoms with Gasteiger partial charge in [-0.15, -0.1) is 0 Å². The summed E-state index contributed by atoms with van der Waals surface area (Å²) < 4.78 is 0. The van der Waals surface area contributed by atoms with Gasteiger partial charge in [-0.2, -0.15) is 0 Å². The van der Waals surface area contributed by atoms with Gasteiger partial charge in [-0.05, 0) is 57.7 Å². The number of anilines is 2. The molecular formula is C14H20N2O. The van der Waals surface area contributed by atoms with Crippen LogP contribution in [0.4, 0.5) is 11.4 Å². The first-order valence-electron chi connectivity index (χ1n) is 6.09. The molecule has 0 radical (unpaired) electrons. The summed E-state index contributed by atoms with van der Waals surface area (Å²) in [4.78, 5) is 11.4. The SMILES string of the molecule is CC(=O)c1cc(NC(C)(C)C2CC2)ccc1N. The van der Waals surface area contributed by atoms with Gasteiger partial charge in [0, 0.05) is 22.5 Å². The average molecular weight is 232 g/mol. The molecule has 0 bridgehead atoms. The molecule has 1 aromatic carbocycles. The summed E-state index contributed by atoms with van der Waals surface area (Å²) in [6, 6.07) is 5.58. The number of ketones is 1. The van der Waals surface area contributed by atoms with Crippen LogP contribution in [-0.2, 0) is 0 Å². The first kappa shape index (κ1) is 12.0. The zero-order chi connectivity index (χ0) is 12.6. The van der Waals surface area contributed by atoms with Gasteiger partial charge in [0.25, 0.3) is 0 Å². The summed E-state index contributed by atoms with van der Waals surface area (Å²) in [5.74, 6) is 0.746. The summed E-state index contributed by atoms with van der Waals surface area (Å²) in [6.07, 6.45) is 2.57. The zero-order valence-corrected chi connectivity index (χ0v) is 10.7. The monoisotopic (exact) mass is 232 g/mol. The first-order valence-corrected chi connectivity index (χ1v) is 6.09. The number of hydrogen-bond donors (Lipinski definition) is 2. The maximum absolute atomic E-state index is 11.4. The molecule has 92 valence electrons. The molecule has 0 spiro atoms. The van der Waals surface area contributed by atoms with Gasteiger partial charge < -0.3 is 11.1 Å². The van der Waals surface area contributed by atoms with Crippen molar-refractivity contribution >= 4 is 17.2 Å². The molecule has 2 rings (SSSR count). The third-order valence-corrected chi connectivity index (χ3v) is 3.50. The fourth-order valence-electron chi connectivity index (χ4n) is 2.22. The molecule has 0 amide bonds. The van der Waals surface area contributed by atoms with Gasteiger partial charge in [0.15, 0.2) is 5.78 Å². The minimum atomic E-state index is 0.00961. The lowest BCUT2D eigenvalue weighted by atomic mass is 9.97. The lowest BCUT2D eigenvalue weighted by Crippen LogP contribution is -2.33. The minimum Gasteiger partial charge on any atom is -0.398 e. The van der Waals surface area contributed by atoms with Gasteiger partial charge in [-0.3, -0.25) is 4.79 Å². The Hall–Kier alpha value is -1.51. The largest absolute Gasteiger partial charge is 0.398 e. The molecule has 17 heavy (non-hydrogen) atoms. The summed E-state index contributed by atoms with van der Waals surface area (Å²) in [5, 5.41) is 3.49. The number of carbonyl (C=O) groups is 1. The molecule has 3 heteroatoms. The molecule has 0 aliphatic heterocycles. The van der Waals surface area contributed by atoms with Crippen molar-refractivity contribution in [2.45, 2.75) is 39.2 Å². The highest BCUT2D eigenvalue weighted by atomic mass is 16.1. The number of hydrogen-bond acceptors (Lipinski definition) is 3. The Bertz CT molecular complexity index is 448. The molecule has 1 fully saturated rings. The van der Waals surface area contributed by atoms with E-state index in [9.17, 15) is 4.79 Å². The van der Waals surface area contributed by atoms with Crippen LogP contribution in [0.15, 0.2) is 18.2 Å². The third-order valence-electron chi connectivity index (χ3n) is 3.50. The van der Waals surface area contributed by atoms with Crippen LogP contribution in [0.2, 0.25) is 0 Å². The van der Waals surface area contributed by atoms with E-state index < -0.39 is 0 Å². The van der Waals surface area contributed by atoms with E-state index in [1.54, 1.807) is 13.0 Å². The predicted molar refractivity (Wildman–Crippen MR) is 71.3 cm³/mol. The second-order valence-corrected chi connectivity index (χ2v) is 5.48. The number of nitrogens with two attached hydrogens (primary N) is 1. The summed E-state index contributed by atoms with van der Waals surface area (Å²) in [5.41, 5.74) is 7.99. The van der Waals surface area contributed by atoms with Crippen LogP contribution in [0.1, 0.15) is 44.0 Å². The second kappa shape index (κ2) is 4.06. The summed E-state index contributed by atoms with van der Waals surface area (Å²) in [7, 11) is 0. The van der Waals surface area contributed by atoms with E-state index in [2.05, 4.69) is 19.2 Å². The molecule has 3 nitrogen and oxygen atoms in total. The number of carbonyl (C=O) groups excluding carboxylic acids is 1. The number of rotatable bonds is 4. The Labute approximate surface area is 102 Å². The van der Waals surface area contributed by atoms with E-state index in [0.29, 0.717) is 11.3 Å². The van der Waals surface area contributed by atoms with Gasteiger partial charge in [-0.1, -0.05) is 0 Å². The topological polar surface area (TPSA) is 55.1 Å². The molecule has 1 saturated carbocycles. The van der Waals surface area contributed by atoms with Crippen molar-refractivity contribution in [2.75, 3.05) is 11.1 Å². The van der Waals surface area contributed by atoms with Crippen molar-refractivity contribution in [1.29, 1.82) is 0 Å². The van der Waals surface area contributed by atoms with Crippen molar-refractivity contribution < 1.29 is 4.79 Å². The van der Waals surface area contributed by atoms with Gasteiger partial charge in [0.2, 0.25) is 0 Å². The Morgan fingerprint density at radius 2 is 2.06 bits per heavy atom. The normalized spacial score (nSPS) is 15.7. The highest BCUT2D eigenvalue weighted by Crippen LogP contribution is 2.41. The molecule has 0 aromatic heterocycles. The fraction of sp³-hybridized carbons (Fsp3) is 0.500. The molecule has 1 aromatic rings. The molecule has 0 saturated heterocycles. The lowest BCUT2D eigenvalue weighted by molar-refractivity contribution is 0.101. The van der Waals surface area contributed by atoms with E-state index in [1.807, 2.05) is 12.1 Å². The van der Waals surface area contributed by atoms with Crippen LogP contribution in [0, 0.1) is 5.92 Å². The number of nitrogens with one attached hydrogen (secondary N) is 1. The number of nitrogen functional groups attached to an aromatic ring is 1. The third kappa shape index (κ3) is 2.60. The fourth-order valence-corrected chi connectivity index (χ4v) is 2.22. The Morgan fingerprint density at radius 3 is 2.59 bits per heavy atom. The molecule has 0 heterocycles. The van der Waals surface area contributed by atoms with Crippen LogP contribution in [0.25, 0.3) is 0 Å². The van der Waals surface area contributed by atoms with Crippen molar-refractivity contribution in [3.63, 3.8) is 0 Å². The van der Waals surface area contributed by atoms with Crippen LogP contribution in [-0.4, -0.2) is 11.3 Å². The Morgan fingerprint density at radius 1 is 1.41 bits per heavy atom. The van der Waals surface area contributed by atoms with Crippen LogP contribution in [0.5, 0.6) is 0 Å². The first-order chi connectivity index (χ1) is 7.90. The average Bonchev–Trinajstić information content (AvgIpc) is 3.03. The van der Waals surface area contributed by atoms with Gasteiger partial charge in [0.1, 0.15) is 0 Å². The van der Waals surface area contributed by atoms with E-state index in [0.717, 1.165) is 11.6 Å². The summed E-state index contributed by atoms with van der Waals surface area (Å²) in [6.45, 7) is 5.95. The maximum atomic E-state index is 11.4. The van der Waals surface area contributed by atoms with Gasteiger partial charge >= 0.3 is 0 Å². The van der Waals surface area contributed by atoms with Crippen LogP contribution < -0.4 is 11.1 Å². The highest BCUT2D eigenvalue weighted by molar-refractivity contribution is 6.00. The van der Waals surface area contributed by atoms with Gasteiger partial charge in [-0.25, -0.2) is 0 Å². The van der Waals surface area contributed by atoms with Crippen LogP contribution in [0.3, 0.4) is 0 Å². The number of benzene rings is 1. The Balaban J connectivity index is 2.21. The van der Waals surface area contributed by atoms with Crippen molar-refractivity contribution in [1.82, 2.24) is 0 Å². The Kier molecular flexibility index (Phi) is 2.86.